The second kappa shape index (κ2) is 4.86. The minimum absolute atomic E-state index is 0.0112. The summed E-state index contributed by atoms with van der Waals surface area (Å²) >= 11 is 5.76. The largest absolute Gasteiger partial charge is 0.435 e. The van der Waals surface area contributed by atoms with E-state index in [0.717, 1.165) is 0 Å². The predicted octanol–water partition coefficient (Wildman–Crippen LogP) is 2.76. The molecule has 0 saturated carbocycles. The Morgan fingerprint density at radius 3 is 2.20 bits per heavy atom. The first-order valence-electron chi connectivity index (χ1n) is 5.37. The van der Waals surface area contributed by atoms with Gasteiger partial charge in [0.05, 0.1) is 5.56 Å². The molecule has 0 aliphatic heterocycles. The summed E-state index contributed by atoms with van der Waals surface area (Å²) in [4.78, 5) is 18.7. The highest BCUT2D eigenvalue weighted by molar-refractivity contribution is 6.32. The molecule has 0 N–H and O–H groups in total. The van der Waals surface area contributed by atoms with Gasteiger partial charge in [0.2, 0.25) is 0 Å². The summed E-state index contributed by atoms with van der Waals surface area (Å²) in [5.41, 5.74) is -1.01. The van der Waals surface area contributed by atoms with E-state index in [9.17, 15) is 18.0 Å². The number of aromatic nitrogens is 4. The molecule has 0 bridgehead atoms. The molecule has 20 heavy (non-hydrogen) atoms. The third-order valence-corrected chi connectivity index (χ3v) is 2.77. The molecular weight excluding hydrogens is 297 g/mol. The van der Waals surface area contributed by atoms with Crippen molar-refractivity contribution in [3.8, 4) is 5.95 Å². The molecule has 0 saturated heterocycles. The van der Waals surface area contributed by atoms with Gasteiger partial charge in [-0.05, 0) is 19.9 Å². The topological polar surface area (TPSA) is 60.7 Å². The zero-order valence-electron chi connectivity index (χ0n) is 10.4. The van der Waals surface area contributed by atoms with Crippen LogP contribution in [0.4, 0.5) is 13.2 Å². The van der Waals surface area contributed by atoms with Crippen LogP contribution in [0.3, 0.4) is 0 Å². The highest BCUT2D eigenvalue weighted by atomic mass is 35.5. The molecule has 2 heterocycles. The fourth-order valence-electron chi connectivity index (χ4n) is 1.66. The second-order valence-corrected chi connectivity index (χ2v) is 4.39. The molecule has 0 unspecified atom stereocenters. The van der Waals surface area contributed by atoms with Crippen LogP contribution in [-0.2, 0) is 6.18 Å². The Kier molecular flexibility index (Phi) is 3.51. The van der Waals surface area contributed by atoms with Gasteiger partial charge in [0, 0.05) is 11.4 Å². The molecular formula is C11H8ClF3N4O. The molecule has 0 aliphatic rings. The molecule has 2 aromatic heterocycles. The summed E-state index contributed by atoms with van der Waals surface area (Å²) in [6.07, 6.45) is -4.78. The van der Waals surface area contributed by atoms with Crippen molar-refractivity contribution in [2.45, 2.75) is 20.0 Å². The Morgan fingerprint density at radius 1 is 1.25 bits per heavy atom. The van der Waals surface area contributed by atoms with Crippen molar-refractivity contribution in [3.63, 3.8) is 0 Å². The van der Waals surface area contributed by atoms with Crippen molar-refractivity contribution in [2.75, 3.05) is 0 Å². The van der Waals surface area contributed by atoms with Gasteiger partial charge in [0.25, 0.3) is 5.95 Å². The lowest BCUT2D eigenvalue weighted by Gasteiger charge is -2.04. The van der Waals surface area contributed by atoms with Crippen LogP contribution in [0.15, 0.2) is 6.07 Å². The summed E-state index contributed by atoms with van der Waals surface area (Å²) in [5, 5.41) is 2.83. The van der Waals surface area contributed by atoms with E-state index in [2.05, 4.69) is 15.1 Å². The summed E-state index contributed by atoms with van der Waals surface area (Å²) < 4.78 is 39.0. The first-order chi connectivity index (χ1) is 9.24. The van der Waals surface area contributed by atoms with Crippen molar-refractivity contribution < 1.29 is 18.0 Å². The number of halogens is 4. The van der Waals surface area contributed by atoms with E-state index >= 15 is 0 Å². The Labute approximate surface area is 116 Å². The van der Waals surface area contributed by atoms with Gasteiger partial charge in [-0.25, -0.2) is 9.97 Å². The maximum Gasteiger partial charge on any atom is 0.435 e. The Bertz CT molecular complexity index is 661. The van der Waals surface area contributed by atoms with Crippen LogP contribution in [0.2, 0.25) is 5.15 Å². The van der Waals surface area contributed by atoms with Gasteiger partial charge >= 0.3 is 6.18 Å². The third-order valence-electron chi connectivity index (χ3n) is 2.41. The van der Waals surface area contributed by atoms with E-state index in [4.69, 9.17) is 11.6 Å². The van der Waals surface area contributed by atoms with Crippen LogP contribution in [-0.4, -0.2) is 26.0 Å². The summed E-state index contributed by atoms with van der Waals surface area (Å²) in [6.45, 7) is 3.31. The van der Waals surface area contributed by atoms with E-state index in [0.29, 0.717) is 16.1 Å². The maximum atomic E-state index is 12.8. The number of hydrogen-bond acceptors (Lipinski definition) is 4. The monoisotopic (exact) mass is 304 g/mol. The third kappa shape index (κ3) is 2.51. The predicted molar refractivity (Wildman–Crippen MR) is 64.0 cm³/mol. The zero-order valence-corrected chi connectivity index (χ0v) is 11.1. The van der Waals surface area contributed by atoms with Crippen molar-refractivity contribution in [3.05, 3.63) is 33.9 Å². The van der Waals surface area contributed by atoms with Crippen LogP contribution < -0.4 is 0 Å². The standard InChI is InChI=1S/C11H8ClF3N4O/c1-5-3-6(2)17-10(16-5)19-9(12)7(4-20)8(18-19)11(13,14)15/h3-4H,1-2H3. The second-order valence-electron chi connectivity index (χ2n) is 4.03. The van der Waals surface area contributed by atoms with Crippen molar-refractivity contribution in [1.29, 1.82) is 0 Å². The highest BCUT2D eigenvalue weighted by Crippen LogP contribution is 2.34. The molecule has 0 fully saturated rings. The van der Waals surface area contributed by atoms with Gasteiger partial charge in [0.1, 0.15) is 5.15 Å². The van der Waals surface area contributed by atoms with Crippen LogP contribution in [0.25, 0.3) is 5.95 Å². The molecule has 5 nitrogen and oxygen atoms in total. The highest BCUT2D eigenvalue weighted by Gasteiger charge is 2.39. The Morgan fingerprint density at radius 2 is 1.80 bits per heavy atom. The van der Waals surface area contributed by atoms with Crippen molar-refractivity contribution in [1.82, 2.24) is 19.7 Å². The van der Waals surface area contributed by atoms with Crippen LogP contribution in [0.1, 0.15) is 27.4 Å². The molecule has 0 spiro atoms. The molecule has 106 valence electrons. The number of aldehydes is 1. The van der Waals surface area contributed by atoms with E-state index in [-0.39, 0.29) is 12.2 Å². The van der Waals surface area contributed by atoms with E-state index in [1.54, 1.807) is 19.9 Å². The molecule has 0 amide bonds. The van der Waals surface area contributed by atoms with Crippen molar-refractivity contribution >= 4 is 17.9 Å². The number of alkyl halides is 3. The number of hydrogen-bond donors (Lipinski definition) is 0. The van der Waals surface area contributed by atoms with Crippen LogP contribution in [0, 0.1) is 13.8 Å². The first-order valence-corrected chi connectivity index (χ1v) is 5.75. The lowest BCUT2D eigenvalue weighted by molar-refractivity contribution is -0.141. The van der Waals surface area contributed by atoms with E-state index in [1.165, 1.54) is 0 Å². The molecule has 0 radical (unpaired) electrons. The van der Waals surface area contributed by atoms with E-state index < -0.39 is 22.6 Å². The van der Waals surface area contributed by atoms with Gasteiger partial charge in [-0.1, -0.05) is 11.6 Å². The van der Waals surface area contributed by atoms with Gasteiger partial charge < -0.3 is 0 Å². The van der Waals surface area contributed by atoms with Gasteiger partial charge in [-0.15, -0.1) is 0 Å². The number of nitrogens with zero attached hydrogens (tertiary/aromatic N) is 4. The van der Waals surface area contributed by atoms with Gasteiger partial charge in [-0.2, -0.15) is 23.0 Å². The first kappa shape index (κ1) is 14.4. The molecule has 9 heteroatoms. The lowest BCUT2D eigenvalue weighted by Crippen LogP contribution is -2.10. The van der Waals surface area contributed by atoms with Crippen molar-refractivity contribution in [2.24, 2.45) is 0 Å². The molecule has 0 aliphatic carbocycles. The summed E-state index contributed by atoms with van der Waals surface area (Å²) in [7, 11) is 0. The SMILES string of the molecule is Cc1cc(C)nc(-n2nc(C(F)(F)F)c(C=O)c2Cl)n1. The minimum atomic E-state index is -4.79. The normalized spacial score (nSPS) is 11.7. The average molecular weight is 305 g/mol. The lowest BCUT2D eigenvalue weighted by atomic mass is 10.2. The maximum absolute atomic E-state index is 12.8. The number of rotatable bonds is 2. The van der Waals surface area contributed by atoms with Gasteiger partial charge in [0.15, 0.2) is 12.0 Å². The number of carbonyl (C=O) groups excluding carboxylic acids is 1. The summed E-state index contributed by atoms with van der Waals surface area (Å²) in [5.74, 6) is -0.119. The number of carbonyl (C=O) groups is 1. The van der Waals surface area contributed by atoms with Crippen LogP contribution >= 0.6 is 11.6 Å². The smallest absolute Gasteiger partial charge is 0.298 e. The van der Waals surface area contributed by atoms with Gasteiger partial charge in [-0.3, -0.25) is 4.79 Å². The fourth-order valence-corrected chi connectivity index (χ4v) is 1.91. The molecule has 0 atom stereocenters. The molecule has 2 rings (SSSR count). The van der Waals surface area contributed by atoms with E-state index in [1.807, 2.05) is 0 Å². The minimum Gasteiger partial charge on any atom is -0.298 e. The molecule has 2 aromatic rings. The zero-order chi connectivity index (χ0) is 15.1. The Hall–Kier alpha value is -1.96. The quantitative estimate of drug-likeness (QED) is 0.800. The van der Waals surface area contributed by atoms with Crippen LogP contribution in [0.5, 0.6) is 0 Å². The number of aryl methyl sites for hydroxylation is 2. The summed E-state index contributed by atoms with van der Waals surface area (Å²) in [6, 6.07) is 1.65. The Balaban J connectivity index is 2.69. The average Bonchev–Trinajstić information content (AvgIpc) is 2.64. The molecule has 0 aromatic carbocycles. The fraction of sp³-hybridized carbons (Fsp3) is 0.273.